The molecule has 1 aliphatic rings. The van der Waals surface area contributed by atoms with Gasteiger partial charge in [0.05, 0.1) is 4.90 Å². The summed E-state index contributed by atoms with van der Waals surface area (Å²) in [6, 6.07) is 7.31. The van der Waals surface area contributed by atoms with Gasteiger partial charge in [0.1, 0.15) is 0 Å². The van der Waals surface area contributed by atoms with Crippen molar-refractivity contribution in [3.63, 3.8) is 0 Å². The highest BCUT2D eigenvalue weighted by molar-refractivity contribution is 7.89. The molecule has 1 N–H and O–H groups in total. The van der Waals surface area contributed by atoms with Crippen LogP contribution in [-0.2, 0) is 10.0 Å². The first-order chi connectivity index (χ1) is 8.44. The van der Waals surface area contributed by atoms with E-state index in [1.54, 1.807) is 16.4 Å². The van der Waals surface area contributed by atoms with Crippen molar-refractivity contribution in [3.8, 4) is 0 Å². The molecule has 1 aromatic carbocycles. The van der Waals surface area contributed by atoms with E-state index in [1.807, 2.05) is 32.9 Å². The van der Waals surface area contributed by atoms with E-state index in [0.717, 1.165) is 5.56 Å². The number of rotatable bonds is 2. The lowest BCUT2D eigenvalue weighted by molar-refractivity contribution is 0.233. The zero-order valence-electron chi connectivity index (χ0n) is 11.1. The van der Waals surface area contributed by atoms with Gasteiger partial charge in [0.25, 0.3) is 0 Å². The summed E-state index contributed by atoms with van der Waals surface area (Å²) in [5.41, 5.74) is 0.802. The highest BCUT2D eigenvalue weighted by Crippen LogP contribution is 2.23. The van der Waals surface area contributed by atoms with Gasteiger partial charge in [-0.05, 0) is 32.4 Å². The second kappa shape index (κ2) is 4.99. The Hall–Kier alpha value is -0.910. The molecule has 1 aliphatic heterocycles. The Morgan fingerprint density at radius 1 is 1.28 bits per heavy atom. The van der Waals surface area contributed by atoms with Gasteiger partial charge >= 0.3 is 0 Å². The second-order valence-corrected chi connectivity index (χ2v) is 6.72. The van der Waals surface area contributed by atoms with Crippen LogP contribution in [0.2, 0.25) is 0 Å². The van der Waals surface area contributed by atoms with Crippen LogP contribution in [0.5, 0.6) is 0 Å². The van der Waals surface area contributed by atoms with Crippen molar-refractivity contribution < 1.29 is 8.42 Å². The normalized spacial score (nSPS) is 26.2. The summed E-state index contributed by atoms with van der Waals surface area (Å²) in [6.45, 7) is 7.04. The molecular weight excluding hydrogens is 248 g/mol. The second-order valence-electron chi connectivity index (χ2n) is 4.86. The van der Waals surface area contributed by atoms with Crippen molar-refractivity contribution in [2.75, 3.05) is 13.1 Å². The summed E-state index contributed by atoms with van der Waals surface area (Å²) in [5.74, 6) is 0. The molecule has 0 spiro atoms. The molecule has 0 aliphatic carbocycles. The Bertz CT molecular complexity index is 528. The molecule has 2 unspecified atom stereocenters. The predicted molar refractivity (Wildman–Crippen MR) is 72.0 cm³/mol. The molecule has 1 fully saturated rings. The molecule has 0 radical (unpaired) electrons. The zero-order chi connectivity index (χ0) is 13.3. The van der Waals surface area contributed by atoms with Gasteiger partial charge in [0.15, 0.2) is 0 Å². The van der Waals surface area contributed by atoms with Crippen molar-refractivity contribution in [3.05, 3.63) is 29.8 Å². The monoisotopic (exact) mass is 268 g/mol. The number of aryl methyl sites for hydroxylation is 1. The van der Waals surface area contributed by atoms with Gasteiger partial charge in [-0.15, -0.1) is 0 Å². The molecule has 4 nitrogen and oxygen atoms in total. The van der Waals surface area contributed by atoms with Crippen LogP contribution in [0.25, 0.3) is 0 Å². The maximum absolute atomic E-state index is 12.7. The number of nitrogens with zero attached hydrogens (tertiary/aromatic N) is 1. The van der Waals surface area contributed by atoms with E-state index in [9.17, 15) is 8.42 Å². The van der Waals surface area contributed by atoms with Gasteiger partial charge in [-0.2, -0.15) is 4.31 Å². The Morgan fingerprint density at radius 3 is 2.61 bits per heavy atom. The molecule has 5 heteroatoms. The molecule has 0 saturated carbocycles. The fourth-order valence-corrected chi connectivity index (χ4v) is 4.27. The topological polar surface area (TPSA) is 49.4 Å². The van der Waals surface area contributed by atoms with Gasteiger partial charge < -0.3 is 5.32 Å². The van der Waals surface area contributed by atoms with Gasteiger partial charge in [-0.3, -0.25) is 0 Å². The summed E-state index contributed by atoms with van der Waals surface area (Å²) in [5, 5.41) is 3.29. The molecule has 0 bridgehead atoms. The molecule has 1 heterocycles. The first-order valence-electron chi connectivity index (χ1n) is 6.25. The summed E-state index contributed by atoms with van der Waals surface area (Å²) in [4.78, 5) is 0.422. The van der Waals surface area contributed by atoms with Crippen LogP contribution in [0.3, 0.4) is 0 Å². The summed E-state index contributed by atoms with van der Waals surface area (Å²) in [6.07, 6.45) is 0. The van der Waals surface area contributed by atoms with E-state index in [0.29, 0.717) is 18.0 Å². The smallest absolute Gasteiger partial charge is 0.243 e. The minimum Gasteiger partial charge on any atom is -0.311 e. The maximum atomic E-state index is 12.7. The molecule has 1 aromatic rings. The third-order valence-corrected chi connectivity index (χ3v) is 5.80. The Kier molecular flexibility index (Phi) is 3.75. The van der Waals surface area contributed by atoms with Crippen molar-refractivity contribution in [2.24, 2.45) is 0 Å². The van der Waals surface area contributed by atoms with E-state index in [2.05, 4.69) is 5.32 Å². The zero-order valence-corrected chi connectivity index (χ0v) is 11.9. The number of piperazine rings is 1. The van der Waals surface area contributed by atoms with Crippen LogP contribution in [0.4, 0.5) is 0 Å². The van der Waals surface area contributed by atoms with Gasteiger partial charge in [-0.1, -0.05) is 18.2 Å². The fourth-order valence-electron chi connectivity index (χ4n) is 2.34. The van der Waals surface area contributed by atoms with E-state index in [4.69, 9.17) is 0 Å². The molecule has 2 rings (SSSR count). The van der Waals surface area contributed by atoms with Crippen molar-refractivity contribution in [2.45, 2.75) is 37.8 Å². The number of benzene rings is 1. The molecule has 2 atom stereocenters. The first kappa shape index (κ1) is 13.5. The van der Waals surface area contributed by atoms with E-state index >= 15 is 0 Å². The van der Waals surface area contributed by atoms with Crippen molar-refractivity contribution in [1.29, 1.82) is 0 Å². The van der Waals surface area contributed by atoms with Crippen LogP contribution in [0.15, 0.2) is 29.2 Å². The molecule has 18 heavy (non-hydrogen) atoms. The van der Waals surface area contributed by atoms with E-state index in [-0.39, 0.29) is 12.1 Å². The van der Waals surface area contributed by atoms with E-state index in [1.165, 1.54) is 0 Å². The lowest BCUT2D eigenvalue weighted by Crippen LogP contribution is -2.57. The van der Waals surface area contributed by atoms with Crippen LogP contribution >= 0.6 is 0 Å². The van der Waals surface area contributed by atoms with Gasteiger partial charge in [0, 0.05) is 25.2 Å². The van der Waals surface area contributed by atoms with Crippen molar-refractivity contribution in [1.82, 2.24) is 9.62 Å². The summed E-state index contributed by atoms with van der Waals surface area (Å²) >= 11 is 0. The largest absolute Gasteiger partial charge is 0.311 e. The summed E-state index contributed by atoms with van der Waals surface area (Å²) < 4.78 is 26.9. The fraction of sp³-hybridized carbons (Fsp3) is 0.538. The van der Waals surface area contributed by atoms with Crippen molar-refractivity contribution >= 4 is 10.0 Å². The number of sulfonamides is 1. The Labute approximate surface area is 109 Å². The average molecular weight is 268 g/mol. The van der Waals surface area contributed by atoms with Crippen LogP contribution < -0.4 is 5.32 Å². The third kappa shape index (κ3) is 2.30. The Morgan fingerprint density at radius 2 is 1.94 bits per heavy atom. The van der Waals surface area contributed by atoms with E-state index < -0.39 is 10.0 Å². The standard InChI is InChI=1S/C13H20N2O2S/c1-10-6-4-5-7-13(10)18(16,17)15-9-8-14-11(2)12(15)3/h4-7,11-12,14H,8-9H2,1-3H3. The molecular formula is C13H20N2O2S. The maximum Gasteiger partial charge on any atom is 0.243 e. The lowest BCUT2D eigenvalue weighted by Gasteiger charge is -2.37. The SMILES string of the molecule is Cc1ccccc1S(=O)(=O)N1CCNC(C)C1C. The van der Waals surface area contributed by atoms with Crippen LogP contribution in [-0.4, -0.2) is 37.9 Å². The lowest BCUT2D eigenvalue weighted by atomic mass is 10.1. The average Bonchev–Trinajstić information content (AvgIpc) is 2.32. The number of hydrogen-bond donors (Lipinski definition) is 1. The first-order valence-corrected chi connectivity index (χ1v) is 7.69. The number of nitrogens with one attached hydrogen (secondary N) is 1. The minimum atomic E-state index is -3.38. The number of hydrogen-bond acceptors (Lipinski definition) is 3. The van der Waals surface area contributed by atoms with Gasteiger partial charge in [0.2, 0.25) is 10.0 Å². The molecule has 0 amide bonds. The highest BCUT2D eigenvalue weighted by Gasteiger charge is 2.34. The molecule has 1 saturated heterocycles. The predicted octanol–water partition coefficient (Wildman–Crippen LogP) is 1.37. The quantitative estimate of drug-likeness (QED) is 0.881. The van der Waals surface area contributed by atoms with Crippen LogP contribution in [0, 0.1) is 6.92 Å². The molecule has 100 valence electrons. The Balaban J connectivity index is 2.40. The highest BCUT2D eigenvalue weighted by atomic mass is 32.2. The summed E-state index contributed by atoms with van der Waals surface area (Å²) in [7, 11) is -3.38. The minimum absolute atomic E-state index is 0.0247. The third-order valence-electron chi connectivity index (χ3n) is 3.66. The van der Waals surface area contributed by atoms with Crippen LogP contribution in [0.1, 0.15) is 19.4 Å². The molecule has 0 aromatic heterocycles. The van der Waals surface area contributed by atoms with Gasteiger partial charge in [-0.25, -0.2) is 8.42 Å².